The SMILES string of the molecule is Cc1ccc(C)c(S(=O)(=O)N2CCN(CC(=O)N3CC(=O)Nc4ccccc43)CC2)c1. The number of aryl methyl sites for hydroxylation is 2. The monoisotopic (exact) mass is 442 g/mol. The number of anilines is 2. The van der Waals surface area contributed by atoms with E-state index in [4.69, 9.17) is 0 Å². The number of amides is 2. The van der Waals surface area contributed by atoms with E-state index in [1.54, 1.807) is 25.1 Å². The van der Waals surface area contributed by atoms with Crippen LogP contribution < -0.4 is 10.2 Å². The van der Waals surface area contributed by atoms with Gasteiger partial charge >= 0.3 is 0 Å². The zero-order valence-electron chi connectivity index (χ0n) is 17.7. The lowest BCUT2D eigenvalue weighted by atomic mass is 10.2. The van der Waals surface area contributed by atoms with Gasteiger partial charge in [0.1, 0.15) is 6.54 Å². The molecule has 0 spiro atoms. The third kappa shape index (κ3) is 4.34. The smallest absolute Gasteiger partial charge is 0.244 e. The highest BCUT2D eigenvalue weighted by atomic mass is 32.2. The molecule has 9 heteroatoms. The molecule has 2 aliphatic rings. The van der Waals surface area contributed by atoms with Gasteiger partial charge < -0.3 is 5.32 Å². The maximum atomic E-state index is 13.1. The van der Waals surface area contributed by atoms with E-state index in [2.05, 4.69) is 5.32 Å². The van der Waals surface area contributed by atoms with Gasteiger partial charge in [0.05, 0.1) is 22.8 Å². The van der Waals surface area contributed by atoms with Crippen molar-refractivity contribution in [2.24, 2.45) is 0 Å². The number of benzene rings is 2. The fourth-order valence-electron chi connectivity index (χ4n) is 3.98. The van der Waals surface area contributed by atoms with E-state index < -0.39 is 10.0 Å². The summed E-state index contributed by atoms with van der Waals surface area (Å²) in [6.07, 6.45) is 0. The second kappa shape index (κ2) is 8.41. The van der Waals surface area contributed by atoms with Crippen molar-refractivity contribution in [3.05, 3.63) is 53.6 Å². The average molecular weight is 443 g/mol. The number of nitrogens with zero attached hydrogens (tertiary/aromatic N) is 3. The largest absolute Gasteiger partial charge is 0.323 e. The van der Waals surface area contributed by atoms with E-state index in [1.165, 1.54) is 9.21 Å². The third-order valence-corrected chi connectivity index (χ3v) is 7.76. The number of rotatable bonds is 4. The molecule has 2 aliphatic heterocycles. The summed E-state index contributed by atoms with van der Waals surface area (Å²) in [5, 5.41) is 2.77. The van der Waals surface area contributed by atoms with Gasteiger partial charge in [-0.05, 0) is 43.2 Å². The highest BCUT2D eigenvalue weighted by Gasteiger charge is 2.32. The van der Waals surface area contributed by atoms with E-state index in [0.717, 1.165) is 11.1 Å². The van der Waals surface area contributed by atoms with Crippen molar-refractivity contribution in [1.82, 2.24) is 9.21 Å². The third-order valence-electron chi connectivity index (χ3n) is 5.72. The van der Waals surface area contributed by atoms with E-state index >= 15 is 0 Å². The summed E-state index contributed by atoms with van der Waals surface area (Å²) in [7, 11) is -3.58. The van der Waals surface area contributed by atoms with Crippen LogP contribution in [0.3, 0.4) is 0 Å². The lowest BCUT2D eigenvalue weighted by Gasteiger charge is -2.36. The van der Waals surface area contributed by atoms with Crippen LogP contribution in [0.25, 0.3) is 0 Å². The molecule has 2 heterocycles. The molecule has 0 bridgehead atoms. The zero-order chi connectivity index (χ0) is 22.2. The van der Waals surface area contributed by atoms with Gasteiger partial charge in [-0.3, -0.25) is 19.4 Å². The lowest BCUT2D eigenvalue weighted by molar-refractivity contribution is -0.122. The first kappa shape index (κ1) is 21.5. The predicted octanol–water partition coefficient (Wildman–Crippen LogP) is 1.60. The van der Waals surface area contributed by atoms with Crippen LogP contribution in [0, 0.1) is 13.8 Å². The van der Waals surface area contributed by atoms with Gasteiger partial charge in [-0.25, -0.2) is 8.42 Å². The van der Waals surface area contributed by atoms with Gasteiger partial charge in [0.15, 0.2) is 0 Å². The first-order valence-electron chi connectivity index (χ1n) is 10.2. The van der Waals surface area contributed by atoms with Crippen molar-refractivity contribution in [2.45, 2.75) is 18.7 Å². The number of para-hydroxylation sites is 2. The Labute approximate surface area is 182 Å². The minimum absolute atomic E-state index is 0.0170. The Morgan fingerprint density at radius 3 is 2.48 bits per heavy atom. The van der Waals surface area contributed by atoms with Gasteiger partial charge in [-0.1, -0.05) is 24.3 Å². The maximum Gasteiger partial charge on any atom is 0.244 e. The molecule has 31 heavy (non-hydrogen) atoms. The molecule has 0 aromatic heterocycles. The molecule has 2 aromatic carbocycles. The van der Waals surface area contributed by atoms with E-state index in [0.29, 0.717) is 42.4 Å². The Kier molecular flexibility index (Phi) is 5.83. The van der Waals surface area contributed by atoms with Gasteiger partial charge in [-0.2, -0.15) is 4.31 Å². The first-order valence-corrected chi connectivity index (χ1v) is 11.7. The Morgan fingerprint density at radius 1 is 1.03 bits per heavy atom. The molecule has 1 N–H and O–H groups in total. The standard InChI is InChI=1S/C22H26N4O4S/c1-16-7-8-17(2)20(13-16)31(29,30)25-11-9-24(10-12-25)15-22(28)26-14-21(27)23-18-5-3-4-6-19(18)26/h3-8,13H,9-12,14-15H2,1-2H3,(H,23,27). The number of sulfonamides is 1. The first-order chi connectivity index (χ1) is 14.8. The van der Waals surface area contributed by atoms with Crippen molar-refractivity contribution in [1.29, 1.82) is 0 Å². The zero-order valence-corrected chi connectivity index (χ0v) is 18.5. The van der Waals surface area contributed by atoms with Crippen LogP contribution >= 0.6 is 0 Å². The van der Waals surface area contributed by atoms with Crippen molar-refractivity contribution >= 4 is 33.2 Å². The number of hydrogen-bond donors (Lipinski definition) is 1. The number of carbonyl (C=O) groups is 2. The quantitative estimate of drug-likeness (QED) is 0.777. The van der Waals surface area contributed by atoms with Crippen LogP contribution in [0.2, 0.25) is 0 Å². The normalized spacial score (nSPS) is 17.9. The van der Waals surface area contributed by atoms with Gasteiger partial charge in [-0.15, -0.1) is 0 Å². The van der Waals surface area contributed by atoms with Gasteiger partial charge in [0.25, 0.3) is 0 Å². The molecule has 2 aromatic rings. The van der Waals surface area contributed by atoms with Gasteiger partial charge in [0, 0.05) is 26.2 Å². The number of piperazine rings is 1. The number of hydrogen-bond acceptors (Lipinski definition) is 5. The van der Waals surface area contributed by atoms with E-state index in [9.17, 15) is 18.0 Å². The van der Waals surface area contributed by atoms with Crippen molar-refractivity contribution in [3.63, 3.8) is 0 Å². The summed E-state index contributed by atoms with van der Waals surface area (Å²) in [4.78, 5) is 28.7. The molecule has 8 nitrogen and oxygen atoms in total. The highest BCUT2D eigenvalue weighted by Crippen LogP contribution is 2.29. The summed E-state index contributed by atoms with van der Waals surface area (Å²) in [6.45, 7) is 5.35. The van der Waals surface area contributed by atoms with Crippen LogP contribution in [0.5, 0.6) is 0 Å². The second-order valence-corrected chi connectivity index (χ2v) is 9.90. The van der Waals surface area contributed by atoms with E-state index in [-0.39, 0.29) is 24.9 Å². The van der Waals surface area contributed by atoms with Crippen molar-refractivity contribution < 1.29 is 18.0 Å². The predicted molar refractivity (Wildman–Crippen MR) is 119 cm³/mol. The second-order valence-electron chi connectivity index (χ2n) is 7.99. The van der Waals surface area contributed by atoms with Gasteiger partial charge in [0.2, 0.25) is 21.8 Å². The van der Waals surface area contributed by atoms with Crippen molar-refractivity contribution in [2.75, 3.05) is 49.5 Å². The molecule has 1 fully saturated rings. The fraction of sp³-hybridized carbons (Fsp3) is 0.364. The molecule has 0 radical (unpaired) electrons. The molecule has 164 valence electrons. The highest BCUT2D eigenvalue weighted by molar-refractivity contribution is 7.89. The van der Waals surface area contributed by atoms with Crippen LogP contribution in [-0.2, 0) is 19.6 Å². The van der Waals surface area contributed by atoms with Crippen LogP contribution in [-0.4, -0.2) is 68.7 Å². The number of fused-ring (bicyclic) bond motifs is 1. The summed E-state index contributed by atoms with van der Waals surface area (Å²) in [5.41, 5.74) is 2.93. The number of nitrogens with one attached hydrogen (secondary N) is 1. The fourth-order valence-corrected chi connectivity index (χ4v) is 5.72. The summed E-state index contributed by atoms with van der Waals surface area (Å²) in [5.74, 6) is -0.398. The Hall–Kier alpha value is -2.75. The molecule has 0 unspecified atom stereocenters. The summed E-state index contributed by atoms with van der Waals surface area (Å²) < 4.78 is 27.7. The molecule has 0 saturated carbocycles. The molecular formula is C22H26N4O4S. The number of carbonyl (C=O) groups excluding carboxylic acids is 2. The topological polar surface area (TPSA) is 90.0 Å². The molecule has 2 amide bonds. The minimum Gasteiger partial charge on any atom is -0.323 e. The van der Waals surface area contributed by atoms with Crippen LogP contribution in [0.4, 0.5) is 11.4 Å². The Bertz CT molecular complexity index is 1120. The average Bonchev–Trinajstić information content (AvgIpc) is 2.75. The molecular weight excluding hydrogens is 416 g/mol. The Morgan fingerprint density at radius 2 is 1.74 bits per heavy atom. The van der Waals surface area contributed by atoms with E-state index in [1.807, 2.05) is 36.1 Å². The lowest BCUT2D eigenvalue weighted by Crippen LogP contribution is -2.52. The van der Waals surface area contributed by atoms with Crippen LogP contribution in [0.1, 0.15) is 11.1 Å². The minimum atomic E-state index is -3.58. The summed E-state index contributed by atoms with van der Waals surface area (Å²) in [6, 6.07) is 12.6. The maximum absolute atomic E-state index is 13.1. The van der Waals surface area contributed by atoms with Crippen molar-refractivity contribution in [3.8, 4) is 0 Å². The molecule has 4 rings (SSSR count). The molecule has 1 saturated heterocycles. The Balaban J connectivity index is 1.41. The molecule has 0 atom stereocenters. The molecule has 0 aliphatic carbocycles. The van der Waals surface area contributed by atoms with Crippen LogP contribution in [0.15, 0.2) is 47.4 Å². The summed E-state index contributed by atoms with van der Waals surface area (Å²) >= 11 is 0.